The van der Waals surface area contributed by atoms with Gasteiger partial charge in [-0.05, 0) is 49.6 Å². The van der Waals surface area contributed by atoms with E-state index in [4.69, 9.17) is 9.47 Å². The average Bonchev–Trinajstić information content (AvgIpc) is 3.29. The van der Waals surface area contributed by atoms with E-state index in [2.05, 4.69) is 31.6 Å². The number of methoxy groups -OCH3 is 1. The number of aromatic nitrogens is 1. The number of rotatable bonds is 8. The number of halogens is 1. The van der Waals surface area contributed by atoms with Crippen molar-refractivity contribution in [3.8, 4) is 11.5 Å². The predicted molar refractivity (Wildman–Crippen MR) is 132 cm³/mol. The van der Waals surface area contributed by atoms with Crippen molar-refractivity contribution in [3.63, 3.8) is 0 Å². The molecular weight excluding hydrogens is 493 g/mol. The number of hydrogen-bond acceptors (Lipinski definition) is 5. The minimum absolute atomic E-state index is 0. The second-order valence-electron chi connectivity index (χ2n) is 7.10. The largest absolute Gasteiger partial charge is 0.493 e. The third-order valence-electron chi connectivity index (χ3n) is 4.88. The molecule has 1 unspecified atom stereocenters. The number of ether oxygens (including phenoxy) is 2. The Labute approximate surface area is 196 Å². The molecule has 0 radical (unpaired) electrons. The summed E-state index contributed by atoms with van der Waals surface area (Å²) in [6.45, 7) is 5.50. The zero-order chi connectivity index (χ0) is 20.5. The Kier molecular flexibility index (Phi) is 9.99. The molecule has 164 valence electrons. The van der Waals surface area contributed by atoms with Crippen molar-refractivity contribution in [3.05, 3.63) is 48.2 Å². The van der Waals surface area contributed by atoms with Crippen LogP contribution in [0.5, 0.6) is 11.5 Å². The Balaban J connectivity index is 0.00000320. The highest BCUT2D eigenvalue weighted by atomic mass is 127. The lowest BCUT2D eigenvalue weighted by atomic mass is 10.2. The summed E-state index contributed by atoms with van der Waals surface area (Å²) in [6.07, 6.45) is 4.32. The van der Waals surface area contributed by atoms with Crippen LogP contribution in [0.15, 0.2) is 47.6 Å². The maximum absolute atomic E-state index is 5.98. The van der Waals surface area contributed by atoms with Crippen molar-refractivity contribution in [1.82, 2.24) is 15.6 Å². The Bertz CT molecular complexity index is 812. The van der Waals surface area contributed by atoms with Gasteiger partial charge in [-0.2, -0.15) is 0 Å². The van der Waals surface area contributed by atoms with Gasteiger partial charge in [0.05, 0.1) is 13.7 Å². The molecule has 1 atom stereocenters. The number of hydrogen-bond donors (Lipinski definition) is 2. The molecule has 2 heterocycles. The van der Waals surface area contributed by atoms with Crippen LogP contribution in [0.3, 0.4) is 0 Å². The molecule has 1 aromatic carbocycles. The number of guanidine groups is 1. The second kappa shape index (κ2) is 12.5. The monoisotopic (exact) mass is 525 g/mol. The quantitative estimate of drug-likeness (QED) is 0.313. The van der Waals surface area contributed by atoms with Gasteiger partial charge in [0.15, 0.2) is 17.5 Å². The molecule has 1 aliphatic heterocycles. The van der Waals surface area contributed by atoms with E-state index in [0.717, 1.165) is 36.4 Å². The molecular formula is C22H32IN5O2. The standard InChI is InChI=1S/C22H31N5O2.HI/c1-17(29-20-9-5-4-8-19(20)28-3)15-25-22(23-2)26-16-18-10-11-24-21(14-18)27-12-6-7-13-27;/h4-5,8-11,14,17H,6-7,12-13,15-16H2,1-3H3,(H2,23,25,26);1H. The summed E-state index contributed by atoms with van der Waals surface area (Å²) in [4.78, 5) is 11.2. The first-order valence-electron chi connectivity index (χ1n) is 10.1. The molecule has 8 heteroatoms. The van der Waals surface area contributed by atoms with E-state index in [1.165, 1.54) is 18.4 Å². The summed E-state index contributed by atoms with van der Waals surface area (Å²) >= 11 is 0. The zero-order valence-corrected chi connectivity index (χ0v) is 20.3. The van der Waals surface area contributed by atoms with Crippen molar-refractivity contribution in [2.75, 3.05) is 38.7 Å². The first-order valence-corrected chi connectivity index (χ1v) is 10.1. The van der Waals surface area contributed by atoms with E-state index < -0.39 is 0 Å². The lowest BCUT2D eigenvalue weighted by molar-refractivity contribution is 0.213. The van der Waals surface area contributed by atoms with Crippen LogP contribution in [0.2, 0.25) is 0 Å². The molecule has 3 rings (SSSR count). The molecule has 1 aromatic heterocycles. The van der Waals surface area contributed by atoms with Crippen molar-refractivity contribution >= 4 is 35.8 Å². The van der Waals surface area contributed by atoms with Crippen LogP contribution in [0.4, 0.5) is 5.82 Å². The van der Waals surface area contributed by atoms with Gasteiger partial charge in [0.25, 0.3) is 0 Å². The molecule has 0 bridgehead atoms. The Morgan fingerprint density at radius 3 is 2.60 bits per heavy atom. The van der Waals surface area contributed by atoms with Gasteiger partial charge < -0.3 is 25.0 Å². The molecule has 0 saturated carbocycles. The molecule has 2 N–H and O–H groups in total. The summed E-state index contributed by atoms with van der Waals surface area (Å²) in [6, 6.07) is 11.8. The maximum atomic E-state index is 5.98. The lowest BCUT2D eigenvalue weighted by Crippen LogP contribution is -2.41. The van der Waals surface area contributed by atoms with Crippen LogP contribution in [0.25, 0.3) is 0 Å². The lowest BCUT2D eigenvalue weighted by Gasteiger charge is -2.19. The van der Waals surface area contributed by atoms with Crippen LogP contribution in [0.1, 0.15) is 25.3 Å². The van der Waals surface area contributed by atoms with Crippen molar-refractivity contribution in [1.29, 1.82) is 0 Å². The smallest absolute Gasteiger partial charge is 0.191 e. The highest BCUT2D eigenvalue weighted by molar-refractivity contribution is 14.0. The van der Waals surface area contributed by atoms with Crippen molar-refractivity contribution in [2.45, 2.75) is 32.4 Å². The third kappa shape index (κ3) is 6.93. The fourth-order valence-corrected chi connectivity index (χ4v) is 3.31. The van der Waals surface area contributed by atoms with E-state index in [9.17, 15) is 0 Å². The number of pyridine rings is 1. The van der Waals surface area contributed by atoms with E-state index in [-0.39, 0.29) is 30.1 Å². The molecule has 0 amide bonds. The van der Waals surface area contributed by atoms with Gasteiger partial charge in [0.2, 0.25) is 0 Å². The van der Waals surface area contributed by atoms with E-state index in [1.54, 1.807) is 14.2 Å². The topological polar surface area (TPSA) is 71.0 Å². The molecule has 7 nitrogen and oxygen atoms in total. The number of anilines is 1. The zero-order valence-electron chi connectivity index (χ0n) is 17.9. The molecule has 30 heavy (non-hydrogen) atoms. The number of para-hydroxylation sites is 2. The molecule has 0 aliphatic carbocycles. The SMILES string of the molecule is CN=C(NCc1ccnc(N2CCCC2)c1)NCC(C)Oc1ccccc1OC.I. The first kappa shape index (κ1) is 24.0. The van der Waals surface area contributed by atoms with Gasteiger partial charge in [-0.3, -0.25) is 4.99 Å². The predicted octanol–water partition coefficient (Wildman–Crippen LogP) is 3.44. The number of nitrogens with zero attached hydrogens (tertiary/aromatic N) is 3. The van der Waals surface area contributed by atoms with Crippen LogP contribution in [-0.4, -0.2) is 50.8 Å². The minimum atomic E-state index is -0.0486. The van der Waals surface area contributed by atoms with Gasteiger partial charge in [-0.15, -0.1) is 24.0 Å². The van der Waals surface area contributed by atoms with Gasteiger partial charge in [-0.25, -0.2) is 4.98 Å². The van der Waals surface area contributed by atoms with Crippen LogP contribution in [0, 0.1) is 0 Å². The summed E-state index contributed by atoms with van der Waals surface area (Å²) in [5, 5.41) is 6.67. The van der Waals surface area contributed by atoms with Crippen LogP contribution < -0.4 is 25.0 Å². The first-order chi connectivity index (χ1) is 14.2. The Morgan fingerprint density at radius 2 is 1.90 bits per heavy atom. The summed E-state index contributed by atoms with van der Waals surface area (Å²) < 4.78 is 11.3. The Hall–Kier alpha value is -2.23. The number of aliphatic imine (C=N–C) groups is 1. The average molecular weight is 525 g/mol. The van der Waals surface area contributed by atoms with E-state index in [0.29, 0.717) is 13.1 Å². The summed E-state index contributed by atoms with van der Waals surface area (Å²) in [5.74, 6) is 3.26. The number of benzene rings is 1. The molecule has 2 aromatic rings. The summed E-state index contributed by atoms with van der Waals surface area (Å²) in [7, 11) is 3.41. The maximum Gasteiger partial charge on any atom is 0.191 e. The molecule has 1 aliphatic rings. The highest BCUT2D eigenvalue weighted by Crippen LogP contribution is 2.26. The van der Waals surface area contributed by atoms with E-state index >= 15 is 0 Å². The molecule has 1 fully saturated rings. The molecule has 1 saturated heterocycles. The fourth-order valence-electron chi connectivity index (χ4n) is 3.31. The molecule has 0 spiro atoms. The van der Waals surface area contributed by atoms with Crippen LogP contribution in [-0.2, 0) is 6.54 Å². The van der Waals surface area contributed by atoms with Gasteiger partial charge in [0, 0.05) is 32.9 Å². The fraction of sp³-hybridized carbons (Fsp3) is 0.455. The summed E-state index contributed by atoms with van der Waals surface area (Å²) in [5.41, 5.74) is 1.18. The van der Waals surface area contributed by atoms with Gasteiger partial charge >= 0.3 is 0 Å². The van der Waals surface area contributed by atoms with Gasteiger partial charge in [-0.1, -0.05) is 12.1 Å². The second-order valence-corrected chi connectivity index (χ2v) is 7.10. The van der Waals surface area contributed by atoms with Crippen molar-refractivity contribution in [2.24, 2.45) is 4.99 Å². The normalized spacial score (nSPS) is 14.6. The Morgan fingerprint density at radius 1 is 1.17 bits per heavy atom. The van der Waals surface area contributed by atoms with Crippen LogP contribution >= 0.6 is 24.0 Å². The highest BCUT2D eigenvalue weighted by Gasteiger charge is 2.14. The third-order valence-corrected chi connectivity index (χ3v) is 4.88. The number of nitrogens with one attached hydrogen (secondary N) is 2. The van der Waals surface area contributed by atoms with Crippen molar-refractivity contribution < 1.29 is 9.47 Å². The van der Waals surface area contributed by atoms with E-state index in [1.807, 2.05) is 43.5 Å². The minimum Gasteiger partial charge on any atom is -0.493 e. The van der Waals surface area contributed by atoms with Gasteiger partial charge in [0.1, 0.15) is 11.9 Å².